The Kier molecular flexibility index (Phi) is 6.76. The van der Waals surface area contributed by atoms with Gasteiger partial charge in [0.2, 0.25) is 0 Å². The fourth-order valence-electron chi connectivity index (χ4n) is 7.31. The number of nitrogens with zero attached hydrogens (tertiary/aromatic N) is 5. The molecule has 242 valence electrons. The summed E-state index contributed by atoms with van der Waals surface area (Å²) in [6.45, 7) is 8.03. The summed E-state index contributed by atoms with van der Waals surface area (Å²) in [6.07, 6.45) is 0. The number of hydrogen-bond donors (Lipinski definition) is 0. The van der Waals surface area contributed by atoms with Gasteiger partial charge in [-0.25, -0.2) is 19.8 Å². The van der Waals surface area contributed by atoms with E-state index < -0.39 is 0 Å². The van der Waals surface area contributed by atoms with Gasteiger partial charge < -0.3 is 8.98 Å². The van der Waals surface area contributed by atoms with Gasteiger partial charge in [-0.1, -0.05) is 121 Å². The van der Waals surface area contributed by atoms with Gasteiger partial charge >= 0.3 is 0 Å². The number of para-hydroxylation sites is 3. The molecule has 0 amide bonds. The Morgan fingerprint density at radius 3 is 1.81 bits per heavy atom. The topological polar surface area (TPSA) is 61.1 Å². The van der Waals surface area contributed by atoms with Crippen molar-refractivity contribution in [2.75, 3.05) is 0 Å². The van der Waals surface area contributed by atoms with E-state index in [1.807, 2.05) is 97.1 Å². The van der Waals surface area contributed by atoms with E-state index in [-0.39, 0.29) is 0 Å². The molecule has 0 radical (unpaired) electrons. The van der Waals surface area contributed by atoms with Crippen molar-refractivity contribution in [3.63, 3.8) is 0 Å². The second-order valence-electron chi connectivity index (χ2n) is 12.7. The highest BCUT2D eigenvalue weighted by atomic mass is 16.3. The molecule has 0 saturated carbocycles. The van der Waals surface area contributed by atoms with E-state index in [1.54, 1.807) is 0 Å². The quantitative estimate of drug-likeness (QED) is 0.172. The van der Waals surface area contributed by atoms with E-state index in [1.165, 1.54) is 0 Å². The number of furan rings is 1. The summed E-state index contributed by atoms with van der Waals surface area (Å²) >= 11 is 0. The standard InChI is InChI=1S/C46H27N5O/c1-47-38-21-11-8-18-34(38)31-26-32(46-49-44(29-14-4-2-5-15-29)48-45(50-46)30-16-6-3-7-17-30)28-33(27-31)51-39-22-12-9-19-35(39)36-24-25-41-42(43(36)51)37-20-10-13-23-40(37)52-41/h2-28H. The molecule has 10 aromatic rings. The Labute approximate surface area is 298 Å². The van der Waals surface area contributed by atoms with Crippen LogP contribution in [-0.4, -0.2) is 19.5 Å². The Hall–Kier alpha value is -7.36. The van der Waals surface area contributed by atoms with E-state index in [0.717, 1.165) is 77.2 Å². The molecule has 10 rings (SSSR count). The minimum Gasteiger partial charge on any atom is -0.456 e. The highest BCUT2D eigenvalue weighted by molar-refractivity contribution is 6.24. The fraction of sp³-hybridized carbons (Fsp3) is 0. The van der Waals surface area contributed by atoms with Crippen molar-refractivity contribution in [1.82, 2.24) is 19.5 Å². The molecule has 0 aliphatic carbocycles. The summed E-state index contributed by atoms with van der Waals surface area (Å²) in [4.78, 5) is 19.0. The maximum absolute atomic E-state index is 8.03. The SMILES string of the molecule is [C-]#[N+]c1ccccc1-c1cc(-c2nc(-c3ccccc3)nc(-c3ccccc3)n2)cc(-n2c3ccccc3c3ccc4oc5ccccc5c4c32)c1. The van der Waals surface area contributed by atoms with Crippen LogP contribution < -0.4 is 0 Å². The number of hydrogen-bond acceptors (Lipinski definition) is 4. The van der Waals surface area contributed by atoms with Crippen LogP contribution in [0.15, 0.2) is 168 Å². The molecule has 0 unspecified atom stereocenters. The predicted molar refractivity (Wildman–Crippen MR) is 209 cm³/mol. The van der Waals surface area contributed by atoms with Crippen LogP contribution in [0.5, 0.6) is 0 Å². The third-order valence-corrected chi connectivity index (χ3v) is 9.64. The van der Waals surface area contributed by atoms with Crippen LogP contribution in [0.1, 0.15) is 0 Å². The van der Waals surface area contributed by atoms with Crippen LogP contribution in [0, 0.1) is 6.57 Å². The Bertz CT molecular complexity index is 2970. The van der Waals surface area contributed by atoms with Crippen LogP contribution in [0.25, 0.3) is 99.6 Å². The van der Waals surface area contributed by atoms with Gasteiger partial charge in [0.15, 0.2) is 23.2 Å². The first kappa shape index (κ1) is 29.5. The van der Waals surface area contributed by atoms with Crippen LogP contribution >= 0.6 is 0 Å². The number of fused-ring (bicyclic) bond motifs is 7. The van der Waals surface area contributed by atoms with Crippen molar-refractivity contribution < 1.29 is 4.42 Å². The average Bonchev–Trinajstić information content (AvgIpc) is 3.77. The van der Waals surface area contributed by atoms with E-state index in [0.29, 0.717) is 23.2 Å². The molecular weight excluding hydrogens is 639 g/mol. The summed E-state index contributed by atoms with van der Waals surface area (Å²) in [7, 11) is 0. The maximum Gasteiger partial charge on any atom is 0.194 e. The normalized spacial score (nSPS) is 11.4. The second-order valence-corrected chi connectivity index (χ2v) is 12.7. The zero-order valence-electron chi connectivity index (χ0n) is 27.7. The largest absolute Gasteiger partial charge is 0.456 e. The lowest BCUT2D eigenvalue weighted by Gasteiger charge is -2.15. The minimum atomic E-state index is 0.538. The Morgan fingerprint density at radius 2 is 1.08 bits per heavy atom. The van der Waals surface area contributed by atoms with E-state index >= 15 is 0 Å². The van der Waals surface area contributed by atoms with Gasteiger partial charge in [0.25, 0.3) is 0 Å². The zero-order chi connectivity index (χ0) is 34.6. The molecule has 0 bridgehead atoms. The van der Waals surface area contributed by atoms with Crippen molar-refractivity contribution in [3.8, 4) is 51.0 Å². The fourth-order valence-corrected chi connectivity index (χ4v) is 7.31. The lowest BCUT2D eigenvalue weighted by atomic mass is 9.99. The van der Waals surface area contributed by atoms with Crippen LogP contribution in [0.3, 0.4) is 0 Å². The van der Waals surface area contributed by atoms with Crippen molar-refractivity contribution in [2.45, 2.75) is 0 Å². The molecule has 0 fully saturated rings. The molecule has 0 aliphatic rings. The predicted octanol–water partition coefficient (Wildman–Crippen LogP) is 12.1. The van der Waals surface area contributed by atoms with E-state index in [2.05, 4.69) is 76.1 Å². The smallest absolute Gasteiger partial charge is 0.194 e. The monoisotopic (exact) mass is 665 g/mol. The Balaban J connectivity index is 1.32. The lowest BCUT2D eigenvalue weighted by molar-refractivity contribution is 0.669. The molecule has 0 N–H and O–H groups in total. The average molecular weight is 666 g/mol. The molecule has 0 aliphatic heterocycles. The van der Waals surface area contributed by atoms with Gasteiger partial charge in [-0.15, -0.1) is 0 Å². The molecule has 3 heterocycles. The Morgan fingerprint density at radius 1 is 0.481 bits per heavy atom. The summed E-state index contributed by atoms with van der Waals surface area (Å²) in [5.74, 6) is 1.71. The summed E-state index contributed by atoms with van der Waals surface area (Å²) in [5.41, 5.74) is 9.58. The van der Waals surface area contributed by atoms with Crippen LogP contribution in [0.4, 0.5) is 5.69 Å². The minimum absolute atomic E-state index is 0.538. The number of rotatable bonds is 5. The third kappa shape index (κ3) is 4.76. The van der Waals surface area contributed by atoms with Crippen molar-refractivity contribution in [2.24, 2.45) is 0 Å². The molecule has 3 aromatic heterocycles. The van der Waals surface area contributed by atoms with Crippen LogP contribution in [0.2, 0.25) is 0 Å². The number of benzene rings is 7. The molecular formula is C46H27N5O. The van der Waals surface area contributed by atoms with E-state index in [9.17, 15) is 0 Å². The molecule has 6 nitrogen and oxygen atoms in total. The van der Waals surface area contributed by atoms with Crippen molar-refractivity contribution in [3.05, 3.63) is 175 Å². The lowest BCUT2D eigenvalue weighted by Crippen LogP contribution is -2.02. The van der Waals surface area contributed by atoms with Gasteiger partial charge in [-0.3, -0.25) is 0 Å². The summed E-state index contributed by atoms with van der Waals surface area (Å²) in [6, 6.07) is 55.0. The molecule has 0 atom stereocenters. The molecule has 0 saturated heterocycles. The number of aromatic nitrogens is 4. The summed E-state index contributed by atoms with van der Waals surface area (Å²) < 4.78 is 8.72. The maximum atomic E-state index is 8.03. The molecule has 7 aromatic carbocycles. The molecule has 6 heteroatoms. The van der Waals surface area contributed by atoms with Gasteiger partial charge in [0, 0.05) is 38.5 Å². The highest BCUT2D eigenvalue weighted by Gasteiger charge is 2.21. The molecule has 52 heavy (non-hydrogen) atoms. The van der Waals surface area contributed by atoms with E-state index in [4.69, 9.17) is 25.9 Å². The second kappa shape index (κ2) is 11.9. The van der Waals surface area contributed by atoms with Gasteiger partial charge in [0.1, 0.15) is 11.2 Å². The first-order valence-corrected chi connectivity index (χ1v) is 17.1. The van der Waals surface area contributed by atoms with Gasteiger partial charge in [0.05, 0.1) is 23.0 Å². The van der Waals surface area contributed by atoms with Gasteiger partial charge in [-0.05, 0) is 53.6 Å². The highest BCUT2D eigenvalue weighted by Crippen LogP contribution is 2.42. The van der Waals surface area contributed by atoms with Crippen molar-refractivity contribution >= 4 is 49.4 Å². The summed E-state index contributed by atoms with van der Waals surface area (Å²) in [5, 5.41) is 4.37. The molecule has 0 spiro atoms. The van der Waals surface area contributed by atoms with Gasteiger partial charge in [-0.2, -0.15) is 0 Å². The van der Waals surface area contributed by atoms with Crippen molar-refractivity contribution in [1.29, 1.82) is 0 Å². The third-order valence-electron chi connectivity index (χ3n) is 9.64. The zero-order valence-corrected chi connectivity index (χ0v) is 27.7. The van der Waals surface area contributed by atoms with Crippen LogP contribution in [-0.2, 0) is 0 Å². The first-order valence-electron chi connectivity index (χ1n) is 17.1. The first-order chi connectivity index (χ1) is 25.7.